The van der Waals surface area contributed by atoms with E-state index in [2.05, 4.69) is 0 Å². The molecule has 0 aliphatic carbocycles. The zero-order valence-electron chi connectivity index (χ0n) is 9.10. The second-order valence-corrected chi connectivity index (χ2v) is 5.79. The molecule has 84 valence electrons. The van der Waals surface area contributed by atoms with E-state index in [4.69, 9.17) is 5.73 Å². The number of benzene rings is 1. The van der Waals surface area contributed by atoms with Gasteiger partial charge in [-0.15, -0.1) is 0 Å². The molecule has 0 heterocycles. The average molecular weight is 227 g/mol. The summed E-state index contributed by atoms with van der Waals surface area (Å²) in [5.41, 5.74) is 6.63. The molecule has 1 aromatic carbocycles. The molecule has 0 aromatic heterocycles. The van der Waals surface area contributed by atoms with Gasteiger partial charge in [-0.25, -0.2) is 8.42 Å². The molecule has 0 bridgehead atoms. The van der Waals surface area contributed by atoms with Gasteiger partial charge < -0.3 is 5.73 Å². The van der Waals surface area contributed by atoms with Gasteiger partial charge in [0.2, 0.25) is 0 Å². The highest BCUT2D eigenvalue weighted by atomic mass is 32.2. The second kappa shape index (κ2) is 4.77. The molecule has 1 atom stereocenters. The summed E-state index contributed by atoms with van der Waals surface area (Å²) in [6.07, 6.45) is 0.636. The van der Waals surface area contributed by atoms with Crippen LogP contribution in [-0.4, -0.2) is 14.2 Å². The zero-order chi connectivity index (χ0) is 11.5. The molecule has 4 heteroatoms. The molecule has 0 aliphatic rings. The van der Waals surface area contributed by atoms with E-state index in [0.717, 1.165) is 5.56 Å². The van der Waals surface area contributed by atoms with Gasteiger partial charge in [-0.05, 0) is 31.0 Å². The van der Waals surface area contributed by atoms with Gasteiger partial charge in [-0.2, -0.15) is 0 Å². The van der Waals surface area contributed by atoms with Gasteiger partial charge in [0, 0.05) is 6.04 Å². The number of hydrogen-bond donors (Lipinski definition) is 1. The highest BCUT2D eigenvalue weighted by Crippen LogP contribution is 2.16. The van der Waals surface area contributed by atoms with Gasteiger partial charge in [0.1, 0.15) is 0 Å². The van der Waals surface area contributed by atoms with E-state index in [1.165, 1.54) is 0 Å². The third kappa shape index (κ3) is 3.04. The van der Waals surface area contributed by atoms with Crippen LogP contribution in [0.2, 0.25) is 0 Å². The van der Waals surface area contributed by atoms with Crippen molar-refractivity contribution in [2.45, 2.75) is 31.2 Å². The van der Waals surface area contributed by atoms with Crippen LogP contribution >= 0.6 is 0 Å². The Labute approximate surface area is 91.2 Å². The molecule has 15 heavy (non-hydrogen) atoms. The lowest BCUT2D eigenvalue weighted by molar-refractivity contribution is 0.594. The molecule has 0 aliphatic heterocycles. The fourth-order valence-electron chi connectivity index (χ4n) is 1.37. The van der Waals surface area contributed by atoms with Crippen molar-refractivity contribution >= 4 is 9.84 Å². The Morgan fingerprint density at radius 3 is 2.20 bits per heavy atom. The predicted octanol–water partition coefficient (Wildman–Crippen LogP) is 1.89. The summed E-state index contributed by atoms with van der Waals surface area (Å²) in [4.78, 5) is 0.383. The second-order valence-electron chi connectivity index (χ2n) is 3.68. The fraction of sp³-hybridized carbons (Fsp3) is 0.455. The first-order chi connectivity index (χ1) is 6.97. The van der Waals surface area contributed by atoms with Crippen molar-refractivity contribution < 1.29 is 8.42 Å². The zero-order valence-corrected chi connectivity index (χ0v) is 9.92. The predicted molar refractivity (Wildman–Crippen MR) is 61.4 cm³/mol. The third-order valence-electron chi connectivity index (χ3n) is 2.24. The number of sulfone groups is 1. The van der Waals surface area contributed by atoms with Crippen molar-refractivity contribution in [1.29, 1.82) is 0 Å². The molecule has 0 amide bonds. The lowest BCUT2D eigenvalue weighted by Crippen LogP contribution is -2.08. The maximum Gasteiger partial charge on any atom is 0.178 e. The summed E-state index contributed by atoms with van der Waals surface area (Å²) in [7, 11) is -3.09. The molecular weight excluding hydrogens is 210 g/mol. The maximum atomic E-state index is 11.7. The topological polar surface area (TPSA) is 60.2 Å². The monoisotopic (exact) mass is 227 g/mol. The van der Waals surface area contributed by atoms with Crippen LogP contribution in [0.15, 0.2) is 29.2 Å². The molecule has 0 spiro atoms. The Morgan fingerprint density at radius 1 is 1.27 bits per heavy atom. The van der Waals surface area contributed by atoms with Crippen molar-refractivity contribution in [3.05, 3.63) is 29.8 Å². The normalized spacial score (nSPS) is 13.8. The van der Waals surface area contributed by atoms with E-state index in [-0.39, 0.29) is 11.8 Å². The molecule has 0 unspecified atom stereocenters. The van der Waals surface area contributed by atoms with Crippen LogP contribution in [0.3, 0.4) is 0 Å². The Bertz CT molecular complexity index is 407. The molecule has 1 aromatic rings. The van der Waals surface area contributed by atoms with E-state index in [9.17, 15) is 8.42 Å². The van der Waals surface area contributed by atoms with E-state index in [1.54, 1.807) is 24.3 Å². The SMILES string of the molecule is CCCS(=O)(=O)c1ccc([C@H](C)N)cc1. The van der Waals surface area contributed by atoms with Crippen molar-refractivity contribution in [3.8, 4) is 0 Å². The van der Waals surface area contributed by atoms with Crippen LogP contribution in [0.25, 0.3) is 0 Å². The molecule has 3 nitrogen and oxygen atoms in total. The molecule has 0 saturated carbocycles. The smallest absolute Gasteiger partial charge is 0.178 e. The van der Waals surface area contributed by atoms with Gasteiger partial charge in [-0.3, -0.25) is 0 Å². The maximum absolute atomic E-state index is 11.7. The van der Waals surface area contributed by atoms with Crippen molar-refractivity contribution in [3.63, 3.8) is 0 Å². The minimum Gasteiger partial charge on any atom is -0.324 e. The van der Waals surface area contributed by atoms with Crippen molar-refractivity contribution in [2.24, 2.45) is 5.73 Å². The molecule has 1 rings (SSSR count). The summed E-state index contributed by atoms with van der Waals surface area (Å²) in [5, 5.41) is 0. The minimum atomic E-state index is -3.09. The van der Waals surface area contributed by atoms with E-state index >= 15 is 0 Å². The number of hydrogen-bond acceptors (Lipinski definition) is 3. The van der Waals surface area contributed by atoms with Gasteiger partial charge in [-0.1, -0.05) is 19.1 Å². The van der Waals surface area contributed by atoms with E-state index in [1.807, 2.05) is 13.8 Å². The van der Waals surface area contributed by atoms with Gasteiger partial charge in [0.05, 0.1) is 10.6 Å². The first kappa shape index (κ1) is 12.2. The molecule has 0 saturated heterocycles. The fourth-order valence-corrected chi connectivity index (χ4v) is 2.69. The van der Waals surface area contributed by atoms with Crippen LogP contribution in [-0.2, 0) is 9.84 Å². The third-order valence-corrected chi connectivity index (χ3v) is 4.17. The van der Waals surface area contributed by atoms with Crippen molar-refractivity contribution in [1.82, 2.24) is 0 Å². The van der Waals surface area contributed by atoms with Crippen LogP contribution in [0, 0.1) is 0 Å². The highest BCUT2D eigenvalue weighted by Gasteiger charge is 2.12. The van der Waals surface area contributed by atoms with Gasteiger partial charge in [0.25, 0.3) is 0 Å². The summed E-state index contributed by atoms with van der Waals surface area (Å²) in [6, 6.07) is 6.74. The quantitative estimate of drug-likeness (QED) is 0.854. The summed E-state index contributed by atoms with van der Waals surface area (Å²) in [6.45, 7) is 3.73. The highest BCUT2D eigenvalue weighted by molar-refractivity contribution is 7.91. The summed E-state index contributed by atoms with van der Waals surface area (Å²) >= 11 is 0. The van der Waals surface area contributed by atoms with Crippen LogP contribution < -0.4 is 5.73 Å². The van der Waals surface area contributed by atoms with Crippen LogP contribution in [0.1, 0.15) is 31.9 Å². The molecule has 0 radical (unpaired) electrons. The lowest BCUT2D eigenvalue weighted by atomic mass is 10.1. The number of nitrogens with two attached hydrogens (primary N) is 1. The molecular formula is C11H17NO2S. The van der Waals surface area contributed by atoms with Crippen molar-refractivity contribution in [2.75, 3.05) is 5.75 Å². The van der Waals surface area contributed by atoms with E-state index in [0.29, 0.717) is 11.3 Å². The first-order valence-electron chi connectivity index (χ1n) is 5.05. The first-order valence-corrected chi connectivity index (χ1v) is 6.71. The molecule has 0 fully saturated rings. The Morgan fingerprint density at radius 2 is 1.80 bits per heavy atom. The molecule has 2 N–H and O–H groups in total. The summed E-state index contributed by atoms with van der Waals surface area (Å²) < 4.78 is 23.4. The van der Waals surface area contributed by atoms with Gasteiger partial charge in [0.15, 0.2) is 9.84 Å². The van der Waals surface area contributed by atoms with Crippen LogP contribution in [0.4, 0.5) is 0 Å². The largest absolute Gasteiger partial charge is 0.324 e. The lowest BCUT2D eigenvalue weighted by Gasteiger charge is -2.07. The van der Waals surface area contributed by atoms with Gasteiger partial charge >= 0.3 is 0 Å². The standard InChI is InChI=1S/C11H17NO2S/c1-3-8-15(13,14)11-6-4-10(5-7-11)9(2)12/h4-7,9H,3,8,12H2,1-2H3/t9-/m0/s1. The minimum absolute atomic E-state index is 0.0621. The Kier molecular flexibility index (Phi) is 3.88. The summed E-state index contributed by atoms with van der Waals surface area (Å²) in [5.74, 6) is 0.199. The van der Waals surface area contributed by atoms with E-state index < -0.39 is 9.84 Å². The number of rotatable bonds is 4. The average Bonchev–Trinajstić information content (AvgIpc) is 2.18. The Hall–Kier alpha value is -0.870. The van der Waals surface area contributed by atoms with Crippen LogP contribution in [0.5, 0.6) is 0 Å². The Balaban J connectivity index is 2.99.